The number of hydrogen-bond donors (Lipinski definition) is 0. The molecule has 0 aliphatic carbocycles. The van der Waals surface area contributed by atoms with Gasteiger partial charge in [0.1, 0.15) is 9.90 Å². The van der Waals surface area contributed by atoms with Gasteiger partial charge in [-0.2, -0.15) is 9.40 Å². The van der Waals surface area contributed by atoms with Gasteiger partial charge >= 0.3 is 0 Å². The van der Waals surface area contributed by atoms with E-state index in [1.807, 2.05) is 42.5 Å². The molecular weight excluding hydrogens is 470 g/mol. The summed E-state index contributed by atoms with van der Waals surface area (Å²) >= 11 is 1.20. The van der Waals surface area contributed by atoms with Crippen LogP contribution in [0.2, 0.25) is 0 Å². The lowest BCUT2D eigenvalue weighted by Crippen LogP contribution is -2.50. The Morgan fingerprint density at radius 2 is 1.76 bits per heavy atom. The second-order valence-electron chi connectivity index (χ2n) is 7.94. The number of thiophene rings is 1. The van der Waals surface area contributed by atoms with E-state index in [0.717, 1.165) is 11.1 Å². The van der Waals surface area contributed by atoms with Crippen molar-refractivity contribution in [1.29, 1.82) is 0 Å². The molecule has 1 aliphatic heterocycles. The third kappa shape index (κ3) is 4.52. The average Bonchev–Trinajstić information content (AvgIpc) is 3.56. The minimum atomic E-state index is -3.52. The zero-order valence-corrected chi connectivity index (χ0v) is 20.0. The van der Waals surface area contributed by atoms with Crippen LogP contribution < -0.4 is 0 Å². The van der Waals surface area contributed by atoms with Crippen LogP contribution in [0.15, 0.2) is 82.8 Å². The molecular formula is C24H23N5O3S2. The number of carbonyl (C=O) groups excluding carboxylic acids is 1. The molecule has 1 amide bonds. The van der Waals surface area contributed by atoms with Crippen LogP contribution in [0.3, 0.4) is 0 Å². The largest absolute Gasteiger partial charge is 0.336 e. The molecule has 10 heteroatoms. The molecule has 0 spiro atoms. The summed E-state index contributed by atoms with van der Waals surface area (Å²) in [5.74, 6) is -0.161. The molecule has 0 bridgehead atoms. The van der Waals surface area contributed by atoms with Crippen molar-refractivity contribution in [2.24, 2.45) is 0 Å². The fourth-order valence-corrected chi connectivity index (χ4v) is 6.55. The van der Waals surface area contributed by atoms with Gasteiger partial charge in [0.25, 0.3) is 15.9 Å². The topological polar surface area (TPSA) is 88.4 Å². The van der Waals surface area contributed by atoms with E-state index in [1.54, 1.807) is 45.7 Å². The predicted molar refractivity (Wildman–Crippen MR) is 130 cm³/mol. The zero-order valence-electron chi connectivity index (χ0n) is 18.3. The van der Waals surface area contributed by atoms with E-state index in [1.165, 1.54) is 15.6 Å². The van der Waals surface area contributed by atoms with Crippen LogP contribution in [0.4, 0.5) is 0 Å². The minimum absolute atomic E-state index is 0.161. The van der Waals surface area contributed by atoms with Crippen molar-refractivity contribution in [3.63, 3.8) is 0 Å². The van der Waals surface area contributed by atoms with Crippen LogP contribution in [0.1, 0.15) is 15.9 Å². The molecule has 1 aromatic carbocycles. The van der Waals surface area contributed by atoms with Crippen molar-refractivity contribution in [2.45, 2.75) is 10.8 Å². The normalized spacial score (nSPS) is 14.9. The van der Waals surface area contributed by atoms with Gasteiger partial charge in [0.05, 0.1) is 12.1 Å². The summed E-state index contributed by atoms with van der Waals surface area (Å²) in [6, 6.07) is 17.0. The smallest absolute Gasteiger partial charge is 0.257 e. The van der Waals surface area contributed by atoms with Crippen molar-refractivity contribution in [1.82, 2.24) is 24.0 Å². The van der Waals surface area contributed by atoms with Gasteiger partial charge in [-0.25, -0.2) is 8.42 Å². The highest BCUT2D eigenvalue weighted by Gasteiger charge is 2.32. The Balaban J connectivity index is 1.38. The van der Waals surface area contributed by atoms with Gasteiger partial charge in [-0.1, -0.05) is 36.4 Å². The Labute approximate surface area is 202 Å². The molecule has 8 nitrogen and oxygen atoms in total. The van der Waals surface area contributed by atoms with Crippen molar-refractivity contribution >= 4 is 27.3 Å². The third-order valence-corrected chi connectivity index (χ3v) is 9.00. The molecule has 3 aromatic heterocycles. The van der Waals surface area contributed by atoms with Gasteiger partial charge in [0, 0.05) is 50.3 Å². The Hall–Kier alpha value is -3.34. The third-order valence-electron chi connectivity index (χ3n) is 5.73. The lowest BCUT2D eigenvalue weighted by Gasteiger charge is -2.33. The standard InChI is InChI=1S/C24H23N5O3S2/c30-24(27-11-13-29(14-12-27)34(31,32)22-9-5-15-33-22)21-18-28(17-19-6-2-1-3-7-19)26-23(21)20-8-4-10-25-16-20/h1-10,15-16,18H,11-14,17H2. The second-order valence-corrected chi connectivity index (χ2v) is 11.1. The van der Waals surface area contributed by atoms with Crippen LogP contribution in [0.5, 0.6) is 0 Å². The fourth-order valence-electron chi connectivity index (χ4n) is 3.98. The van der Waals surface area contributed by atoms with E-state index in [2.05, 4.69) is 4.98 Å². The van der Waals surface area contributed by atoms with Crippen molar-refractivity contribution < 1.29 is 13.2 Å². The first-order valence-electron chi connectivity index (χ1n) is 10.9. The minimum Gasteiger partial charge on any atom is -0.336 e. The van der Waals surface area contributed by atoms with Crippen molar-refractivity contribution in [3.05, 3.63) is 89.7 Å². The summed E-state index contributed by atoms with van der Waals surface area (Å²) in [6.45, 7) is 1.69. The summed E-state index contributed by atoms with van der Waals surface area (Å²) < 4.78 is 29.2. The molecule has 1 aliphatic rings. The Kier molecular flexibility index (Phi) is 6.27. The van der Waals surface area contributed by atoms with Crippen LogP contribution in [0, 0.1) is 0 Å². The van der Waals surface area contributed by atoms with Crippen LogP contribution in [0.25, 0.3) is 11.3 Å². The van der Waals surface area contributed by atoms with Gasteiger partial charge in [0.15, 0.2) is 0 Å². The number of nitrogens with zero attached hydrogens (tertiary/aromatic N) is 5. The molecule has 4 aromatic rings. The summed E-state index contributed by atoms with van der Waals surface area (Å²) in [4.78, 5) is 19.4. The maximum atomic E-state index is 13.5. The Morgan fingerprint density at radius 1 is 0.971 bits per heavy atom. The highest BCUT2D eigenvalue weighted by atomic mass is 32.2. The van der Waals surface area contributed by atoms with Crippen molar-refractivity contribution in [3.8, 4) is 11.3 Å². The van der Waals surface area contributed by atoms with E-state index >= 15 is 0 Å². The molecule has 174 valence electrons. The molecule has 1 saturated heterocycles. The number of sulfonamides is 1. The van der Waals surface area contributed by atoms with Crippen LogP contribution in [-0.4, -0.2) is 64.5 Å². The van der Waals surface area contributed by atoms with Gasteiger partial charge in [0.2, 0.25) is 0 Å². The predicted octanol–water partition coefficient (Wildman–Crippen LogP) is 3.20. The van der Waals surface area contributed by atoms with E-state index in [-0.39, 0.29) is 19.0 Å². The molecule has 0 N–H and O–H groups in total. The van der Waals surface area contributed by atoms with Crippen LogP contribution >= 0.6 is 11.3 Å². The molecule has 5 rings (SSSR count). The van der Waals surface area contributed by atoms with Crippen LogP contribution in [-0.2, 0) is 16.6 Å². The first-order chi connectivity index (χ1) is 16.5. The molecule has 0 unspecified atom stereocenters. The first-order valence-corrected chi connectivity index (χ1v) is 13.2. The Morgan fingerprint density at radius 3 is 2.44 bits per heavy atom. The summed E-state index contributed by atoms with van der Waals surface area (Å²) in [5.41, 5.74) is 2.90. The number of hydrogen-bond acceptors (Lipinski definition) is 6. The van der Waals surface area contributed by atoms with E-state index in [4.69, 9.17) is 5.10 Å². The number of rotatable bonds is 6. The highest BCUT2D eigenvalue weighted by molar-refractivity contribution is 7.91. The number of piperazine rings is 1. The number of carbonyl (C=O) groups is 1. The van der Waals surface area contributed by atoms with Gasteiger partial charge in [-0.15, -0.1) is 11.3 Å². The fraction of sp³-hybridized carbons (Fsp3) is 0.208. The molecule has 4 heterocycles. The number of benzene rings is 1. The SMILES string of the molecule is O=C(c1cn(Cc2ccccc2)nc1-c1cccnc1)N1CCN(S(=O)(=O)c2cccs2)CC1. The summed E-state index contributed by atoms with van der Waals surface area (Å²) in [5, 5.41) is 6.45. The van der Waals surface area contributed by atoms with Gasteiger partial charge in [-0.05, 0) is 29.1 Å². The molecule has 0 saturated carbocycles. The average molecular weight is 494 g/mol. The maximum absolute atomic E-state index is 13.5. The summed E-state index contributed by atoms with van der Waals surface area (Å²) in [7, 11) is -3.52. The molecule has 1 fully saturated rings. The number of pyridine rings is 1. The van der Waals surface area contributed by atoms with Gasteiger partial charge < -0.3 is 4.90 Å². The molecule has 0 radical (unpaired) electrons. The zero-order chi connectivity index (χ0) is 23.5. The lowest BCUT2D eigenvalue weighted by atomic mass is 10.1. The molecule has 0 atom stereocenters. The van der Waals surface area contributed by atoms with E-state index in [0.29, 0.717) is 35.1 Å². The monoisotopic (exact) mass is 493 g/mol. The second kappa shape index (κ2) is 9.49. The van der Waals surface area contributed by atoms with Gasteiger partial charge in [-0.3, -0.25) is 14.5 Å². The first kappa shape index (κ1) is 22.5. The highest BCUT2D eigenvalue weighted by Crippen LogP contribution is 2.25. The number of aromatic nitrogens is 3. The van der Waals surface area contributed by atoms with E-state index in [9.17, 15) is 13.2 Å². The Bertz CT molecular complexity index is 1360. The quantitative estimate of drug-likeness (QED) is 0.412. The summed E-state index contributed by atoms with van der Waals surface area (Å²) in [6.07, 6.45) is 5.14. The molecule has 34 heavy (non-hydrogen) atoms. The van der Waals surface area contributed by atoms with E-state index < -0.39 is 10.0 Å². The lowest BCUT2D eigenvalue weighted by molar-refractivity contribution is 0.0698. The number of amides is 1. The maximum Gasteiger partial charge on any atom is 0.257 e. The van der Waals surface area contributed by atoms with Crippen molar-refractivity contribution in [2.75, 3.05) is 26.2 Å².